The molecule has 2 rings (SSSR count). The van der Waals surface area contributed by atoms with Crippen molar-refractivity contribution < 1.29 is 22.7 Å². The maximum Gasteiger partial charge on any atom is 0.246 e. The van der Waals surface area contributed by atoms with Gasteiger partial charge in [-0.25, -0.2) is 13.6 Å². The minimum absolute atomic E-state index is 0.0235. The van der Waals surface area contributed by atoms with Gasteiger partial charge in [-0.2, -0.15) is 0 Å². The predicted octanol–water partition coefficient (Wildman–Crippen LogP) is 1.79. The zero-order valence-corrected chi connectivity index (χ0v) is 15.5. The highest BCUT2D eigenvalue weighted by Gasteiger charge is 2.16. The number of nitrogens with one attached hydrogen (secondary N) is 2. The molecule has 4 N–H and O–H groups in total. The number of benzene rings is 2. The first-order valence-electron chi connectivity index (χ1n) is 7.67. The number of anilines is 2. The zero-order chi connectivity index (χ0) is 19.3. The lowest BCUT2D eigenvalue weighted by Crippen LogP contribution is -2.32. The van der Waals surface area contributed by atoms with E-state index in [1.807, 2.05) is 0 Å². The Kier molecular flexibility index (Phi) is 6.06. The van der Waals surface area contributed by atoms with Crippen molar-refractivity contribution in [1.29, 1.82) is 0 Å². The second-order valence-electron chi connectivity index (χ2n) is 5.49. The summed E-state index contributed by atoms with van der Waals surface area (Å²) in [6.07, 6.45) is 0. The number of rotatable bonds is 7. The lowest BCUT2D eigenvalue weighted by Gasteiger charge is -2.18. The van der Waals surface area contributed by atoms with E-state index >= 15 is 0 Å². The van der Waals surface area contributed by atoms with Gasteiger partial charge in [-0.1, -0.05) is 0 Å². The fraction of sp³-hybridized carbons (Fsp3) is 0.235. The average Bonchev–Trinajstić information content (AvgIpc) is 2.61. The molecule has 0 saturated carbocycles. The maximum absolute atomic E-state index is 12.3. The number of ether oxygens (including phenoxy) is 2. The number of hydrogen-bond acceptors (Lipinski definition) is 6. The van der Waals surface area contributed by atoms with Gasteiger partial charge in [-0.15, -0.1) is 0 Å². The van der Waals surface area contributed by atoms with Gasteiger partial charge in [0.2, 0.25) is 15.9 Å². The van der Waals surface area contributed by atoms with E-state index in [-0.39, 0.29) is 10.8 Å². The van der Waals surface area contributed by atoms with Crippen molar-refractivity contribution >= 4 is 27.3 Å². The molecule has 0 aromatic heterocycles. The second kappa shape index (κ2) is 8.07. The van der Waals surface area contributed by atoms with E-state index in [0.29, 0.717) is 22.9 Å². The van der Waals surface area contributed by atoms with Gasteiger partial charge >= 0.3 is 0 Å². The average molecular weight is 379 g/mol. The van der Waals surface area contributed by atoms with Crippen LogP contribution in [-0.2, 0) is 14.8 Å². The summed E-state index contributed by atoms with van der Waals surface area (Å²) in [6.45, 7) is 1.69. The van der Waals surface area contributed by atoms with Crippen LogP contribution in [0.15, 0.2) is 47.4 Å². The van der Waals surface area contributed by atoms with Crippen LogP contribution < -0.4 is 25.2 Å². The molecule has 1 atom stereocenters. The number of sulfonamides is 1. The lowest BCUT2D eigenvalue weighted by atomic mass is 10.2. The Morgan fingerprint density at radius 1 is 1.08 bits per heavy atom. The normalized spacial score (nSPS) is 12.2. The van der Waals surface area contributed by atoms with Crippen LogP contribution in [0.1, 0.15) is 6.92 Å². The number of methoxy groups -OCH3 is 2. The predicted molar refractivity (Wildman–Crippen MR) is 99.1 cm³/mol. The monoisotopic (exact) mass is 379 g/mol. The van der Waals surface area contributed by atoms with Crippen LogP contribution >= 0.6 is 0 Å². The molecule has 9 heteroatoms. The number of hydrogen-bond donors (Lipinski definition) is 3. The fourth-order valence-electron chi connectivity index (χ4n) is 2.20. The quantitative estimate of drug-likeness (QED) is 0.675. The highest BCUT2D eigenvalue weighted by atomic mass is 32.2. The molecular formula is C17H21N3O5S. The molecule has 0 spiro atoms. The summed E-state index contributed by atoms with van der Waals surface area (Å²) < 4.78 is 32.9. The van der Waals surface area contributed by atoms with Crippen molar-refractivity contribution in [3.05, 3.63) is 42.5 Å². The highest BCUT2D eigenvalue weighted by Crippen LogP contribution is 2.29. The summed E-state index contributed by atoms with van der Waals surface area (Å²) in [5, 5.41) is 10.8. The van der Waals surface area contributed by atoms with Crippen molar-refractivity contribution in [2.75, 3.05) is 24.9 Å². The van der Waals surface area contributed by atoms with E-state index in [4.69, 9.17) is 14.6 Å². The first-order valence-corrected chi connectivity index (χ1v) is 9.21. The first-order chi connectivity index (χ1) is 12.2. The molecule has 2 aromatic carbocycles. The van der Waals surface area contributed by atoms with Crippen LogP contribution in [0, 0.1) is 0 Å². The maximum atomic E-state index is 12.3. The number of carbonyl (C=O) groups is 1. The summed E-state index contributed by atoms with van der Waals surface area (Å²) in [5.41, 5.74) is 1.10. The Morgan fingerprint density at radius 2 is 1.73 bits per heavy atom. The van der Waals surface area contributed by atoms with E-state index in [1.54, 1.807) is 32.2 Å². The third-order valence-corrected chi connectivity index (χ3v) is 4.55. The molecule has 0 unspecified atom stereocenters. The van der Waals surface area contributed by atoms with Crippen LogP contribution in [-0.4, -0.2) is 34.6 Å². The molecule has 1 amide bonds. The van der Waals surface area contributed by atoms with Gasteiger partial charge in [0.15, 0.2) is 0 Å². The van der Waals surface area contributed by atoms with Crippen molar-refractivity contribution in [3.8, 4) is 11.5 Å². The summed E-state index contributed by atoms with van der Waals surface area (Å²) in [7, 11) is -0.688. The van der Waals surface area contributed by atoms with Crippen LogP contribution in [0.2, 0.25) is 0 Å². The largest absolute Gasteiger partial charge is 0.497 e. The topological polar surface area (TPSA) is 120 Å². The van der Waals surface area contributed by atoms with Gasteiger partial charge in [0.25, 0.3) is 0 Å². The Balaban J connectivity index is 2.06. The number of carbonyl (C=O) groups excluding carboxylic acids is 1. The molecule has 8 nitrogen and oxygen atoms in total. The summed E-state index contributed by atoms with van der Waals surface area (Å²) in [4.78, 5) is 12.3. The Labute approximate surface area is 152 Å². The molecule has 140 valence electrons. The molecule has 0 radical (unpaired) electrons. The van der Waals surface area contributed by atoms with Crippen molar-refractivity contribution in [1.82, 2.24) is 0 Å². The summed E-state index contributed by atoms with van der Waals surface area (Å²) in [5.74, 6) is 0.882. The minimum Gasteiger partial charge on any atom is -0.497 e. The highest BCUT2D eigenvalue weighted by molar-refractivity contribution is 7.89. The Bertz CT molecular complexity index is 882. The van der Waals surface area contributed by atoms with Crippen molar-refractivity contribution in [2.24, 2.45) is 5.14 Å². The summed E-state index contributed by atoms with van der Waals surface area (Å²) >= 11 is 0. The molecular weight excluding hydrogens is 358 g/mol. The Morgan fingerprint density at radius 3 is 2.27 bits per heavy atom. The van der Waals surface area contributed by atoms with E-state index in [1.165, 1.54) is 31.4 Å². The molecule has 26 heavy (non-hydrogen) atoms. The Hall–Kier alpha value is -2.78. The minimum atomic E-state index is -3.77. The van der Waals surface area contributed by atoms with E-state index in [2.05, 4.69) is 10.6 Å². The van der Waals surface area contributed by atoms with Gasteiger partial charge in [0.05, 0.1) is 24.8 Å². The summed E-state index contributed by atoms with van der Waals surface area (Å²) in [6, 6.07) is 10.2. The molecule has 2 aromatic rings. The second-order valence-corrected chi connectivity index (χ2v) is 7.05. The third-order valence-electron chi connectivity index (χ3n) is 3.62. The van der Waals surface area contributed by atoms with Gasteiger partial charge in [0, 0.05) is 11.8 Å². The van der Waals surface area contributed by atoms with Gasteiger partial charge < -0.3 is 20.1 Å². The SMILES string of the molecule is COc1ccc(N[C@@H](C)C(=O)Nc2ccc(S(N)(=O)=O)cc2)c(OC)c1. The van der Waals surface area contributed by atoms with Crippen LogP contribution in [0.3, 0.4) is 0 Å². The van der Waals surface area contributed by atoms with Gasteiger partial charge in [-0.05, 0) is 43.3 Å². The smallest absolute Gasteiger partial charge is 0.246 e. The van der Waals surface area contributed by atoms with E-state index in [0.717, 1.165) is 0 Å². The van der Waals surface area contributed by atoms with Crippen molar-refractivity contribution in [3.63, 3.8) is 0 Å². The fourth-order valence-corrected chi connectivity index (χ4v) is 2.71. The zero-order valence-electron chi connectivity index (χ0n) is 14.6. The van der Waals surface area contributed by atoms with Crippen LogP contribution in [0.5, 0.6) is 11.5 Å². The standard InChI is InChI=1S/C17H21N3O5S/c1-11(19-15-9-6-13(24-2)10-16(15)25-3)17(21)20-12-4-7-14(8-5-12)26(18,22)23/h4-11,19H,1-3H3,(H,20,21)(H2,18,22,23)/t11-/m0/s1. The molecule has 0 aliphatic carbocycles. The first kappa shape index (κ1) is 19.5. The van der Waals surface area contributed by atoms with E-state index in [9.17, 15) is 13.2 Å². The third kappa shape index (κ3) is 4.87. The van der Waals surface area contributed by atoms with Gasteiger partial charge in [0.1, 0.15) is 17.5 Å². The lowest BCUT2D eigenvalue weighted by molar-refractivity contribution is -0.116. The van der Waals surface area contributed by atoms with E-state index < -0.39 is 16.1 Å². The number of nitrogens with two attached hydrogens (primary N) is 1. The molecule has 0 fully saturated rings. The van der Waals surface area contributed by atoms with Gasteiger partial charge in [-0.3, -0.25) is 4.79 Å². The number of amides is 1. The van der Waals surface area contributed by atoms with Crippen molar-refractivity contribution in [2.45, 2.75) is 17.9 Å². The number of primary sulfonamides is 1. The molecule has 0 saturated heterocycles. The molecule has 0 heterocycles. The molecule has 0 aliphatic rings. The molecule has 0 bridgehead atoms. The molecule has 0 aliphatic heterocycles. The van der Waals surface area contributed by atoms with Crippen LogP contribution in [0.25, 0.3) is 0 Å². The van der Waals surface area contributed by atoms with Crippen LogP contribution in [0.4, 0.5) is 11.4 Å².